The van der Waals surface area contributed by atoms with Crippen LogP contribution in [0.4, 0.5) is 18.9 Å². The lowest BCUT2D eigenvalue weighted by Crippen LogP contribution is -2.53. The molecular formula is C24H27ClF3N3O4S. The number of piperidine rings is 1. The molecule has 1 atom stereocenters. The number of rotatable bonds is 5. The highest BCUT2D eigenvalue weighted by molar-refractivity contribution is 7.89. The Morgan fingerprint density at radius 1 is 1.06 bits per heavy atom. The van der Waals surface area contributed by atoms with E-state index >= 15 is 0 Å². The van der Waals surface area contributed by atoms with Crippen molar-refractivity contribution in [2.75, 3.05) is 51.3 Å². The van der Waals surface area contributed by atoms with Crippen LogP contribution in [0, 0.1) is 5.92 Å². The van der Waals surface area contributed by atoms with E-state index in [1.807, 2.05) is 4.90 Å². The van der Waals surface area contributed by atoms with Gasteiger partial charge in [0.05, 0.1) is 18.6 Å². The molecule has 2 aromatic carbocycles. The monoisotopic (exact) mass is 545 g/mol. The van der Waals surface area contributed by atoms with E-state index in [-0.39, 0.29) is 34.7 Å². The molecule has 0 radical (unpaired) electrons. The first kappa shape index (κ1) is 26.6. The lowest BCUT2D eigenvalue weighted by Gasteiger charge is -2.39. The number of ether oxygens (including phenoxy) is 1. The lowest BCUT2D eigenvalue weighted by atomic mass is 9.97. The minimum absolute atomic E-state index is 0.0414. The first-order chi connectivity index (χ1) is 17.0. The molecule has 2 fully saturated rings. The molecule has 1 amide bonds. The van der Waals surface area contributed by atoms with Gasteiger partial charge >= 0.3 is 6.18 Å². The normalized spacial score (nSPS) is 19.9. The molecule has 2 saturated heterocycles. The number of methoxy groups -OCH3 is 1. The molecule has 2 aromatic rings. The van der Waals surface area contributed by atoms with E-state index < -0.39 is 27.7 Å². The Kier molecular flexibility index (Phi) is 7.72. The zero-order valence-corrected chi connectivity index (χ0v) is 21.2. The number of carbonyl (C=O) groups is 1. The fraction of sp³-hybridized carbons (Fsp3) is 0.458. The summed E-state index contributed by atoms with van der Waals surface area (Å²) >= 11 is 6.03. The number of carbonyl (C=O) groups excluding carboxylic acids is 1. The summed E-state index contributed by atoms with van der Waals surface area (Å²) in [5.41, 5.74) is -0.249. The van der Waals surface area contributed by atoms with Gasteiger partial charge in [-0.1, -0.05) is 17.7 Å². The van der Waals surface area contributed by atoms with Crippen LogP contribution in [0.2, 0.25) is 5.02 Å². The molecule has 0 N–H and O–H groups in total. The van der Waals surface area contributed by atoms with Crippen LogP contribution < -0.4 is 9.64 Å². The van der Waals surface area contributed by atoms with Crippen molar-refractivity contribution in [3.05, 3.63) is 53.1 Å². The third-order valence-electron chi connectivity index (χ3n) is 6.61. The van der Waals surface area contributed by atoms with Gasteiger partial charge < -0.3 is 14.5 Å². The molecule has 0 unspecified atom stereocenters. The molecule has 0 saturated carbocycles. The van der Waals surface area contributed by atoms with Gasteiger partial charge in [-0.2, -0.15) is 17.5 Å². The van der Waals surface area contributed by atoms with Crippen molar-refractivity contribution in [2.45, 2.75) is 23.9 Å². The number of nitrogens with zero attached hydrogens (tertiary/aromatic N) is 3. The van der Waals surface area contributed by atoms with E-state index in [0.29, 0.717) is 44.7 Å². The topological polar surface area (TPSA) is 70.2 Å². The summed E-state index contributed by atoms with van der Waals surface area (Å²) in [5.74, 6) is -0.464. The van der Waals surface area contributed by atoms with Gasteiger partial charge in [0.1, 0.15) is 10.6 Å². The molecule has 0 aliphatic carbocycles. The largest absolute Gasteiger partial charge is 0.495 e. The molecule has 2 aliphatic heterocycles. The van der Waals surface area contributed by atoms with E-state index in [4.69, 9.17) is 16.3 Å². The van der Waals surface area contributed by atoms with Gasteiger partial charge in [-0.15, -0.1) is 0 Å². The second-order valence-corrected chi connectivity index (χ2v) is 11.2. The van der Waals surface area contributed by atoms with Gasteiger partial charge in [0, 0.05) is 50.0 Å². The van der Waals surface area contributed by atoms with E-state index in [0.717, 1.165) is 12.1 Å². The molecular weight excluding hydrogens is 519 g/mol. The number of piperazine rings is 1. The molecule has 0 aromatic heterocycles. The van der Waals surface area contributed by atoms with Crippen LogP contribution in [0.5, 0.6) is 5.75 Å². The van der Waals surface area contributed by atoms with Gasteiger partial charge in [-0.3, -0.25) is 4.79 Å². The van der Waals surface area contributed by atoms with Crippen LogP contribution in [0.3, 0.4) is 0 Å². The third kappa shape index (κ3) is 5.57. The predicted octanol–water partition coefficient (Wildman–Crippen LogP) is 4.12. The van der Waals surface area contributed by atoms with E-state index in [2.05, 4.69) is 0 Å². The standard InChI is InChI=1S/C24H27ClF3N3O4S/c1-35-21-8-7-19(25)15-22(21)36(33,34)31-9-3-4-17(16-31)23(32)30-12-10-29(11-13-30)20-6-2-5-18(14-20)24(26,27)28/h2,5-8,14-15,17H,3-4,9-13,16H2,1H3/t17-/m0/s1. The zero-order valence-electron chi connectivity index (χ0n) is 19.7. The Bertz CT molecular complexity index is 1220. The van der Waals surface area contributed by atoms with E-state index in [1.165, 1.54) is 29.6 Å². The van der Waals surface area contributed by atoms with Crippen LogP contribution in [0.25, 0.3) is 0 Å². The Balaban J connectivity index is 1.41. The fourth-order valence-corrected chi connectivity index (χ4v) is 6.62. The average molecular weight is 546 g/mol. The Hall–Kier alpha value is -2.50. The van der Waals surface area contributed by atoms with Crippen molar-refractivity contribution >= 4 is 33.2 Å². The molecule has 2 aliphatic rings. The highest BCUT2D eigenvalue weighted by atomic mass is 35.5. The second-order valence-electron chi connectivity index (χ2n) is 8.86. The third-order valence-corrected chi connectivity index (χ3v) is 8.73. The van der Waals surface area contributed by atoms with Crippen molar-refractivity contribution in [1.82, 2.24) is 9.21 Å². The number of sulfonamides is 1. The Morgan fingerprint density at radius 2 is 1.78 bits per heavy atom. The number of anilines is 1. The first-order valence-electron chi connectivity index (χ1n) is 11.6. The van der Waals surface area contributed by atoms with Crippen molar-refractivity contribution < 1.29 is 31.1 Å². The zero-order chi connectivity index (χ0) is 26.1. The molecule has 0 bridgehead atoms. The summed E-state index contributed by atoms with van der Waals surface area (Å²) in [6.45, 7) is 1.81. The van der Waals surface area contributed by atoms with Crippen molar-refractivity contribution in [2.24, 2.45) is 5.92 Å². The number of alkyl halides is 3. The molecule has 36 heavy (non-hydrogen) atoms. The Morgan fingerprint density at radius 3 is 2.44 bits per heavy atom. The van der Waals surface area contributed by atoms with Crippen molar-refractivity contribution in [3.63, 3.8) is 0 Å². The molecule has 4 rings (SSSR count). The summed E-state index contributed by atoms with van der Waals surface area (Å²) in [4.78, 5) is 16.7. The van der Waals surface area contributed by atoms with Crippen LogP contribution in [0.15, 0.2) is 47.4 Å². The predicted molar refractivity (Wildman–Crippen MR) is 130 cm³/mol. The number of halogens is 4. The fourth-order valence-electron chi connectivity index (χ4n) is 4.68. The van der Waals surface area contributed by atoms with Gasteiger partial charge in [0.15, 0.2) is 0 Å². The van der Waals surface area contributed by atoms with Crippen molar-refractivity contribution in [3.8, 4) is 5.75 Å². The van der Waals surface area contributed by atoms with Crippen LogP contribution in [-0.2, 0) is 21.0 Å². The van der Waals surface area contributed by atoms with Crippen LogP contribution >= 0.6 is 11.6 Å². The Labute approximate surface area is 213 Å². The molecule has 0 spiro atoms. The van der Waals surface area contributed by atoms with Gasteiger partial charge in [0.2, 0.25) is 15.9 Å². The molecule has 196 valence electrons. The van der Waals surface area contributed by atoms with Gasteiger partial charge in [-0.05, 0) is 49.2 Å². The summed E-state index contributed by atoms with van der Waals surface area (Å²) in [6, 6.07) is 9.53. The van der Waals surface area contributed by atoms with Gasteiger partial charge in [-0.25, -0.2) is 8.42 Å². The summed E-state index contributed by atoms with van der Waals surface area (Å²) in [7, 11) is -2.55. The minimum atomic E-state index is -4.42. The van der Waals surface area contributed by atoms with E-state index in [9.17, 15) is 26.4 Å². The SMILES string of the molecule is COc1ccc(Cl)cc1S(=O)(=O)N1CCC[C@H](C(=O)N2CCN(c3cccc(C(F)(F)F)c3)CC2)C1. The lowest BCUT2D eigenvalue weighted by molar-refractivity contribution is -0.137. The van der Waals surface area contributed by atoms with E-state index in [1.54, 1.807) is 17.0 Å². The maximum atomic E-state index is 13.3. The number of hydrogen-bond acceptors (Lipinski definition) is 5. The van der Waals surface area contributed by atoms with Gasteiger partial charge in [0.25, 0.3) is 0 Å². The highest BCUT2D eigenvalue weighted by Crippen LogP contribution is 2.34. The summed E-state index contributed by atoms with van der Waals surface area (Å²) in [6.07, 6.45) is -3.33. The molecule has 7 nitrogen and oxygen atoms in total. The quantitative estimate of drug-likeness (QED) is 0.565. The molecule has 2 heterocycles. The maximum Gasteiger partial charge on any atom is 0.416 e. The van der Waals surface area contributed by atoms with Crippen LogP contribution in [0.1, 0.15) is 18.4 Å². The second kappa shape index (κ2) is 10.5. The number of amides is 1. The highest BCUT2D eigenvalue weighted by Gasteiger charge is 2.37. The number of hydrogen-bond donors (Lipinski definition) is 0. The first-order valence-corrected chi connectivity index (χ1v) is 13.4. The average Bonchev–Trinajstić information content (AvgIpc) is 2.88. The molecule has 12 heteroatoms. The summed E-state index contributed by atoms with van der Waals surface area (Å²) < 4.78 is 72.4. The van der Waals surface area contributed by atoms with Crippen LogP contribution in [-0.4, -0.2) is 69.9 Å². The summed E-state index contributed by atoms with van der Waals surface area (Å²) in [5, 5.41) is 0.262. The minimum Gasteiger partial charge on any atom is -0.495 e. The smallest absolute Gasteiger partial charge is 0.416 e. The number of benzene rings is 2. The maximum absolute atomic E-state index is 13.3. The van der Waals surface area contributed by atoms with Crippen molar-refractivity contribution in [1.29, 1.82) is 0 Å².